The monoisotopic (exact) mass is 308 g/mol. The lowest BCUT2D eigenvalue weighted by molar-refractivity contribution is 0.0925. The zero-order valence-electron chi connectivity index (χ0n) is 10.1. The number of pyridine rings is 1. The molecule has 0 aliphatic carbocycles. The van der Waals surface area contributed by atoms with Crippen LogP contribution in [-0.4, -0.2) is 16.5 Å². The summed E-state index contributed by atoms with van der Waals surface area (Å²) < 4.78 is 7.27. The summed E-state index contributed by atoms with van der Waals surface area (Å²) in [6, 6.07) is 8.88. The van der Waals surface area contributed by atoms with Crippen molar-refractivity contribution in [2.24, 2.45) is 4.99 Å². The van der Waals surface area contributed by atoms with Gasteiger partial charge >= 0.3 is 0 Å². The third-order valence-corrected chi connectivity index (χ3v) is 2.66. The molecule has 0 atom stereocenters. The van der Waals surface area contributed by atoms with Crippen LogP contribution in [0.25, 0.3) is 0 Å². The fraction of sp³-hybridized carbons (Fsp3) is 0.231. The maximum Gasteiger partial charge on any atom is 0.299 e. The van der Waals surface area contributed by atoms with E-state index in [-0.39, 0.29) is 17.7 Å². The van der Waals surface area contributed by atoms with Crippen molar-refractivity contribution in [2.75, 3.05) is 0 Å². The second kappa shape index (κ2) is 5.35. The number of furan rings is 1. The van der Waals surface area contributed by atoms with Gasteiger partial charge in [0, 0.05) is 12.2 Å². The van der Waals surface area contributed by atoms with Crippen LogP contribution in [0.1, 0.15) is 24.4 Å². The smallest absolute Gasteiger partial charge is 0.299 e. The molecule has 0 saturated heterocycles. The van der Waals surface area contributed by atoms with Crippen LogP contribution in [-0.2, 0) is 0 Å². The number of aromatic nitrogens is 1. The molecule has 0 aromatic carbocycles. The Morgan fingerprint density at radius 1 is 1.33 bits per heavy atom. The van der Waals surface area contributed by atoms with Crippen LogP contribution in [0, 0.1) is 0 Å². The van der Waals surface area contributed by atoms with Crippen molar-refractivity contribution in [2.45, 2.75) is 19.9 Å². The van der Waals surface area contributed by atoms with Gasteiger partial charge in [-0.15, -0.1) is 0 Å². The average Bonchev–Trinajstić information content (AvgIpc) is 2.75. The van der Waals surface area contributed by atoms with Crippen LogP contribution < -0.4 is 5.49 Å². The largest absolute Gasteiger partial charge is 0.444 e. The first-order chi connectivity index (χ1) is 8.58. The summed E-state index contributed by atoms with van der Waals surface area (Å²) in [5.74, 6) is 0.0407. The summed E-state index contributed by atoms with van der Waals surface area (Å²) in [5, 5.41) is 0. The van der Waals surface area contributed by atoms with E-state index in [1.807, 2.05) is 19.9 Å². The number of carbonyl (C=O) groups excluding carboxylic acids is 1. The van der Waals surface area contributed by atoms with Crippen LogP contribution in [0.3, 0.4) is 0 Å². The Hall–Kier alpha value is -1.62. The van der Waals surface area contributed by atoms with Crippen molar-refractivity contribution in [1.82, 2.24) is 4.57 Å². The molecule has 0 radical (unpaired) electrons. The molecule has 4 nitrogen and oxygen atoms in total. The molecule has 18 heavy (non-hydrogen) atoms. The summed E-state index contributed by atoms with van der Waals surface area (Å²) in [7, 11) is 0. The van der Waals surface area contributed by atoms with Crippen LogP contribution in [0.4, 0.5) is 0 Å². The summed E-state index contributed by atoms with van der Waals surface area (Å²) >= 11 is 3.18. The van der Waals surface area contributed by atoms with E-state index in [4.69, 9.17) is 4.42 Å². The molecule has 0 N–H and O–H groups in total. The van der Waals surface area contributed by atoms with Crippen molar-refractivity contribution in [3.8, 4) is 0 Å². The molecule has 0 aliphatic rings. The molecule has 0 bridgehead atoms. The molecule has 2 aromatic rings. The maximum absolute atomic E-state index is 12.3. The highest BCUT2D eigenvalue weighted by atomic mass is 79.9. The number of rotatable bonds is 2. The highest BCUT2D eigenvalue weighted by Crippen LogP contribution is 2.14. The molecule has 2 heterocycles. The lowest BCUT2D eigenvalue weighted by atomic mass is 10.3. The fourth-order valence-electron chi connectivity index (χ4n) is 1.52. The van der Waals surface area contributed by atoms with E-state index in [9.17, 15) is 4.79 Å². The molecule has 0 saturated carbocycles. The van der Waals surface area contributed by atoms with Gasteiger partial charge in [0.05, 0.1) is 0 Å². The zero-order valence-corrected chi connectivity index (χ0v) is 11.7. The van der Waals surface area contributed by atoms with Gasteiger partial charge < -0.3 is 4.42 Å². The molecule has 0 spiro atoms. The first-order valence-corrected chi connectivity index (χ1v) is 6.39. The van der Waals surface area contributed by atoms with Crippen molar-refractivity contribution < 1.29 is 9.21 Å². The van der Waals surface area contributed by atoms with Crippen LogP contribution in [0.2, 0.25) is 0 Å². The standard InChI is InChI=1S/C13H13BrN2O2/c1-9(2)15-12-5-3-4-8-16(12)13(17)10-6-7-11(14)18-10/h3-9H,1-2H3. The highest BCUT2D eigenvalue weighted by molar-refractivity contribution is 9.10. The minimum atomic E-state index is -0.235. The number of hydrogen-bond acceptors (Lipinski definition) is 3. The second-order valence-corrected chi connectivity index (χ2v) is 4.84. The Kier molecular flexibility index (Phi) is 3.81. The summed E-state index contributed by atoms with van der Waals surface area (Å²) in [4.78, 5) is 16.7. The Bertz CT molecular complexity index is 626. The molecule has 0 fully saturated rings. The van der Waals surface area contributed by atoms with Gasteiger partial charge in [-0.2, -0.15) is 0 Å². The third-order valence-electron chi connectivity index (χ3n) is 2.23. The topological polar surface area (TPSA) is 47.5 Å². The molecule has 2 aromatic heterocycles. The van der Waals surface area contributed by atoms with Gasteiger partial charge in [-0.1, -0.05) is 6.07 Å². The quantitative estimate of drug-likeness (QED) is 0.856. The van der Waals surface area contributed by atoms with Crippen LogP contribution >= 0.6 is 15.9 Å². The Labute approximate surface area is 113 Å². The third kappa shape index (κ3) is 2.79. The van der Waals surface area contributed by atoms with Gasteiger partial charge in [0.1, 0.15) is 5.49 Å². The van der Waals surface area contributed by atoms with Gasteiger partial charge in [0.25, 0.3) is 5.91 Å². The van der Waals surface area contributed by atoms with Crippen molar-refractivity contribution >= 4 is 21.8 Å². The van der Waals surface area contributed by atoms with E-state index in [1.165, 1.54) is 4.57 Å². The van der Waals surface area contributed by atoms with Gasteiger partial charge in [-0.3, -0.25) is 14.4 Å². The average molecular weight is 309 g/mol. The summed E-state index contributed by atoms with van der Waals surface area (Å²) in [6.07, 6.45) is 1.68. The Morgan fingerprint density at radius 2 is 2.11 bits per heavy atom. The van der Waals surface area contributed by atoms with Crippen molar-refractivity contribution in [3.63, 3.8) is 0 Å². The predicted molar refractivity (Wildman–Crippen MR) is 71.3 cm³/mol. The van der Waals surface area contributed by atoms with Gasteiger partial charge in [-0.05, 0) is 54.0 Å². The lowest BCUT2D eigenvalue weighted by Crippen LogP contribution is -2.27. The zero-order chi connectivity index (χ0) is 13.1. The molecular weight excluding hydrogens is 296 g/mol. The number of halogens is 1. The van der Waals surface area contributed by atoms with Gasteiger partial charge in [0.15, 0.2) is 10.4 Å². The summed E-state index contributed by atoms with van der Waals surface area (Å²) in [5.41, 5.74) is 0.616. The molecule has 2 rings (SSSR count). The van der Waals surface area contributed by atoms with E-state index in [0.29, 0.717) is 10.2 Å². The van der Waals surface area contributed by atoms with Crippen LogP contribution in [0.5, 0.6) is 0 Å². The fourth-order valence-corrected chi connectivity index (χ4v) is 1.83. The molecular formula is C13H13BrN2O2. The van der Waals surface area contributed by atoms with Crippen molar-refractivity contribution in [1.29, 1.82) is 0 Å². The predicted octanol–water partition coefficient (Wildman–Crippen LogP) is 2.84. The van der Waals surface area contributed by atoms with E-state index in [2.05, 4.69) is 20.9 Å². The van der Waals surface area contributed by atoms with Crippen LogP contribution in [0.15, 0.2) is 50.6 Å². The Balaban J connectivity index is 2.49. The molecule has 0 amide bonds. The SMILES string of the molecule is CC(C)N=c1ccccn1C(=O)c1ccc(Br)o1. The Morgan fingerprint density at radius 3 is 2.72 bits per heavy atom. The maximum atomic E-state index is 12.3. The van der Waals surface area contributed by atoms with E-state index >= 15 is 0 Å². The minimum absolute atomic E-state index is 0.120. The molecule has 5 heteroatoms. The van der Waals surface area contributed by atoms with E-state index in [0.717, 1.165) is 0 Å². The number of nitrogens with zero attached hydrogens (tertiary/aromatic N) is 2. The lowest BCUT2D eigenvalue weighted by Gasteiger charge is -2.04. The minimum Gasteiger partial charge on any atom is -0.444 e. The first kappa shape index (κ1) is 12.8. The molecule has 0 aliphatic heterocycles. The summed E-state index contributed by atoms with van der Waals surface area (Å²) in [6.45, 7) is 3.93. The first-order valence-electron chi connectivity index (χ1n) is 5.59. The van der Waals surface area contributed by atoms with E-state index < -0.39 is 0 Å². The van der Waals surface area contributed by atoms with Gasteiger partial charge in [0.2, 0.25) is 0 Å². The second-order valence-electron chi connectivity index (χ2n) is 4.06. The van der Waals surface area contributed by atoms with Crippen molar-refractivity contribution in [3.05, 3.63) is 52.4 Å². The van der Waals surface area contributed by atoms with Gasteiger partial charge in [-0.25, -0.2) is 0 Å². The number of carbonyl (C=O) groups is 1. The van der Waals surface area contributed by atoms with E-state index in [1.54, 1.807) is 30.5 Å². The normalized spacial score (nSPS) is 12.1. The molecule has 94 valence electrons. The highest BCUT2D eigenvalue weighted by Gasteiger charge is 2.12. The molecule has 0 unspecified atom stereocenters. The number of hydrogen-bond donors (Lipinski definition) is 0.